The van der Waals surface area contributed by atoms with Crippen LogP contribution in [0.4, 0.5) is 5.69 Å². The Labute approximate surface area is 161 Å². The molecule has 2 N–H and O–H groups in total. The Hall–Kier alpha value is -2.24. The number of nitrogens with one attached hydrogen (secondary N) is 2. The van der Waals surface area contributed by atoms with Crippen LogP contribution in [0.15, 0.2) is 47.3 Å². The number of rotatable bonds is 5. The predicted octanol–water partition coefficient (Wildman–Crippen LogP) is 4.67. The molecular formula is C20H19ClN2O2S. The average molecular weight is 387 g/mol. The molecule has 1 heterocycles. The molecule has 0 fully saturated rings. The standard InChI is InChI=1S/C20H19ClN2O2S/c1-12-5-3-6-15-18(24)9-14(22-20(12)15)10-26-11-19(25)23-17-8-4-7-16(21)13(17)2/h3-9H,10-11H2,1-2H3,(H,22,24)(H,23,25). The molecule has 0 spiro atoms. The molecule has 0 saturated heterocycles. The zero-order valence-electron chi connectivity index (χ0n) is 14.6. The number of fused-ring (bicyclic) bond motifs is 1. The molecule has 1 amide bonds. The molecule has 0 radical (unpaired) electrons. The third-order valence-electron chi connectivity index (χ3n) is 4.16. The zero-order valence-corrected chi connectivity index (χ0v) is 16.1. The lowest BCUT2D eigenvalue weighted by Crippen LogP contribution is -2.15. The molecule has 134 valence electrons. The van der Waals surface area contributed by atoms with Crippen molar-refractivity contribution in [1.82, 2.24) is 4.98 Å². The summed E-state index contributed by atoms with van der Waals surface area (Å²) in [4.78, 5) is 27.7. The Morgan fingerprint density at radius 2 is 1.96 bits per heavy atom. The van der Waals surface area contributed by atoms with E-state index < -0.39 is 0 Å². The number of amides is 1. The number of hydrogen-bond acceptors (Lipinski definition) is 3. The van der Waals surface area contributed by atoms with E-state index in [1.165, 1.54) is 11.8 Å². The van der Waals surface area contributed by atoms with Crippen molar-refractivity contribution < 1.29 is 4.79 Å². The number of para-hydroxylation sites is 1. The van der Waals surface area contributed by atoms with Crippen LogP contribution in [0.25, 0.3) is 10.9 Å². The number of halogens is 1. The van der Waals surface area contributed by atoms with Crippen molar-refractivity contribution in [1.29, 1.82) is 0 Å². The average Bonchev–Trinajstić information content (AvgIpc) is 2.60. The minimum atomic E-state index is -0.0975. The van der Waals surface area contributed by atoms with Gasteiger partial charge in [-0.05, 0) is 43.2 Å². The molecule has 0 bridgehead atoms. The van der Waals surface area contributed by atoms with Crippen LogP contribution < -0.4 is 10.7 Å². The Kier molecular flexibility index (Phi) is 5.69. The number of thioether (sulfide) groups is 1. The Morgan fingerprint density at radius 1 is 1.19 bits per heavy atom. The van der Waals surface area contributed by atoms with E-state index in [0.717, 1.165) is 28.0 Å². The van der Waals surface area contributed by atoms with Gasteiger partial charge < -0.3 is 10.3 Å². The highest BCUT2D eigenvalue weighted by Gasteiger charge is 2.08. The van der Waals surface area contributed by atoms with Crippen LogP contribution in [-0.4, -0.2) is 16.6 Å². The van der Waals surface area contributed by atoms with Gasteiger partial charge in [-0.1, -0.05) is 29.8 Å². The molecule has 26 heavy (non-hydrogen) atoms. The summed E-state index contributed by atoms with van der Waals surface area (Å²) in [7, 11) is 0. The van der Waals surface area contributed by atoms with E-state index >= 15 is 0 Å². The second-order valence-corrected chi connectivity index (χ2v) is 7.50. The van der Waals surface area contributed by atoms with Crippen molar-refractivity contribution >= 4 is 45.9 Å². The van der Waals surface area contributed by atoms with Crippen molar-refractivity contribution in [2.45, 2.75) is 19.6 Å². The number of anilines is 1. The van der Waals surface area contributed by atoms with Crippen LogP contribution in [-0.2, 0) is 10.5 Å². The summed E-state index contributed by atoms with van der Waals surface area (Å²) in [6.07, 6.45) is 0. The molecule has 2 aromatic carbocycles. The molecule has 0 aliphatic heterocycles. The maximum absolute atomic E-state index is 12.2. The van der Waals surface area contributed by atoms with Gasteiger partial charge in [-0.25, -0.2) is 0 Å². The van der Waals surface area contributed by atoms with Gasteiger partial charge in [0, 0.05) is 33.6 Å². The van der Waals surface area contributed by atoms with Crippen LogP contribution in [0.5, 0.6) is 0 Å². The molecule has 0 saturated carbocycles. The number of pyridine rings is 1. The Bertz CT molecular complexity index is 1030. The molecule has 3 aromatic rings. The number of aryl methyl sites for hydroxylation is 1. The summed E-state index contributed by atoms with van der Waals surface area (Å²) in [5.74, 6) is 0.751. The van der Waals surface area contributed by atoms with Gasteiger partial charge in [-0.3, -0.25) is 9.59 Å². The van der Waals surface area contributed by atoms with Crippen molar-refractivity contribution in [2.75, 3.05) is 11.1 Å². The van der Waals surface area contributed by atoms with E-state index in [0.29, 0.717) is 21.9 Å². The van der Waals surface area contributed by atoms with Crippen molar-refractivity contribution in [3.05, 3.63) is 74.5 Å². The van der Waals surface area contributed by atoms with Crippen LogP contribution >= 0.6 is 23.4 Å². The molecule has 4 nitrogen and oxygen atoms in total. The number of aromatic amines is 1. The largest absolute Gasteiger partial charge is 0.357 e. The van der Waals surface area contributed by atoms with E-state index in [-0.39, 0.29) is 11.3 Å². The fourth-order valence-electron chi connectivity index (χ4n) is 2.73. The van der Waals surface area contributed by atoms with Crippen LogP contribution in [0.3, 0.4) is 0 Å². The Morgan fingerprint density at radius 3 is 2.77 bits per heavy atom. The third-order valence-corrected chi connectivity index (χ3v) is 5.55. The second kappa shape index (κ2) is 7.98. The summed E-state index contributed by atoms with van der Waals surface area (Å²) >= 11 is 7.52. The van der Waals surface area contributed by atoms with Gasteiger partial charge in [-0.2, -0.15) is 0 Å². The summed E-state index contributed by atoms with van der Waals surface area (Å²) in [5.41, 5.74) is 4.26. The lowest BCUT2D eigenvalue weighted by molar-refractivity contribution is -0.113. The number of carbonyl (C=O) groups excluding carboxylic acids is 1. The van der Waals surface area contributed by atoms with Gasteiger partial charge in [0.25, 0.3) is 0 Å². The minimum absolute atomic E-state index is 0.00273. The first-order valence-corrected chi connectivity index (χ1v) is 9.73. The molecule has 0 aliphatic rings. The molecule has 0 unspecified atom stereocenters. The van der Waals surface area contributed by atoms with E-state index in [1.807, 2.05) is 38.1 Å². The minimum Gasteiger partial charge on any atom is -0.357 e. The topological polar surface area (TPSA) is 62.0 Å². The van der Waals surface area contributed by atoms with E-state index in [9.17, 15) is 9.59 Å². The van der Waals surface area contributed by atoms with E-state index in [4.69, 9.17) is 11.6 Å². The monoisotopic (exact) mass is 386 g/mol. The van der Waals surface area contributed by atoms with Crippen molar-refractivity contribution in [2.24, 2.45) is 0 Å². The van der Waals surface area contributed by atoms with E-state index in [2.05, 4.69) is 10.3 Å². The quantitative estimate of drug-likeness (QED) is 0.669. The number of hydrogen-bond donors (Lipinski definition) is 2. The van der Waals surface area contributed by atoms with Gasteiger partial charge in [0.1, 0.15) is 0 Å². The first-order chi connectivity index (χ1) is 12.5. The number of carbonyl (C=O) groups is 1. The van der Waals surface area contributed by atoms with Gasteiger partial charge in [-0.15, -0.1) is 11.8 Å². The van der Waals surface area contributed by atoms with Crippen molar-refractivity contribution in [3.8, 4) is 0 Å². The SMILES string of the molecule is Cc1c(Cl)cccc1NC(=O)CSCc1cc(=O)c2cccc(C)c2[nH]1. The third kappa shape index (κ3) is 4.11. The number of H-pyrrole nitrogens is 1. The maximum Gasteiger partial charge on any atom is 0.234 e. The summed E-state index contributed by atoms with van der Waals surface area (Å²) in [5, 5.41) is 4.18. The molecule has 0 aliphatic carbocycles. The van der Waals surface area contributed by atoms with Gasteiger partial charge in [0.2, 0.25) is 5.91 Å². The second-order valence-electron chi connectivity index (χ2n) is 6.11. The molecule has 6 heteroatoms. The lowest BCUT2D eigenvalue weighted by Gasteiger charge is -2.10. The highest BCUT2D eigenvalue weighted by atomic mass is 35.5. The number of benzene rings is 2. The molecular weight excluding hydrogens is 368 g/mol. The Balaban J connectivity index is 1.64. The predicted molar refractivity (Wildman–Crippen MR) is 110 cm³/mol. The highest BCUT2D eigenvalue weighted by molar-refractivity contribution is 7.99. The molecule has 0 atom stereocenters. The zero-order chi connectivity index (χ0) is 18.7. The number of aromatic nitrogens is 1. The first-order valence-electron chi connectivity index (χ1n) is 8.20. The summed E-state index contributed by atoms with van der Waals surface area (Å²) in [6.45, 7) is 3.84. The van der Waals surface area contributed by atoms with Crippen LogP contribution in [0.2, 0.25) is 5.02 Å². The van der Waals surface area contributed by atoms with Gasteiger partial charge >= 0.3 is 0 Å². The van der Waals surface area contributed by atoms with E-state index in [1.54, 1.807) is 18.2 Å². The normalized spacial score (nSPS) is 10.9. The summed E-state index contributed by atoms with van der Waals surface area (Å²) < 4.78 is 0. The summed E-state index contributed by atoms with van der Waals surface area (Å²) in [6, 6.07) is 12.7. The highest BCUT2D eigenvalue weighted by Crippen LogP contribution is 2.23. The van der Waals surface area contributed by atoms with Crippen LogP contribution in [0, 0.1) is 13.8 Å². The van der Waals surface area contributed by atoms with Crippen LogP contribution in [0.1, 0.15) is 16.8 Å². The van der Waals surface area contributed by atoms with Crippen molar-refractivity contribution in [3.63, 3.8) is 0 Å². The van der Waals surface area contributed by atoms with Gasteiger partial charge in [0.05, 0.1) is 11.3 Å². The lowest BCUT2D eigenvalue weighted by atomic mass is 10.1. The van der Waals surface area contributed by atoms with Gasteiger partial charge in [0.15, 0.2) is 5.43 Å². The molecule has 1 aromatic heterocycles. The maximum atomic E-state index is 12.2. The molecule has 3 rings (SSSR count). The first kappa shape index (κ1) is 18.5. The fourth-order valence-corrected chi connectivity index (χ4v) is 3.64. The smallest absolute Gasteiger partial charge is 0.234 e. The fraction of sp³-hybridized carbons (Fsp3) is 0.200.